The number of benzene rings is 2. The summed E-state index contributed by atoms with van der Waals surface area (Å²) in [7, 11) is 0. The van der Waals surface area contributed by atoms with Crippen molar-refractivity contribution in [2.45, 2.75) is 31.3 Å². The topological polar surface area (TPSA) is 12.0 Å². The standard InChI is InChI=1S/C17H16BrClFN/c18-14-4-2-12(3-5-14)13-8-15(9-13)21-10-11-1-6-17(20)16(19)7-11/h1-7,13,15,21H,8-10H2. The highest BCUT2D eigenvalue weighted by Crippen LogP contribution is 2.37. The van der Waals surface area contributed by atoms with Crippen LogP contribution >= 0.6 is 27.5 Å². The molecule has 1 fully saturated rings. The van der Waals surface area contributed by atoms with E-state index in [0.29, 0.717) is 12.0 Å². The van der Waals surface area contributed by atoms with E-state index >= 15 is 0 Å². The Morgan fingerprint density at radius 1 is 1.14 bits per heavy atom. The van der Waals surface area contributed by atoms with Crippen molar-refractivity contribution in [3.8, 4) is 0 Å². The lowest BCUT2D eigenvalue weighted by atomic mass is 9.76. The van der Waals surface area contributed by atoms with Crippen LogP contribution in [0.15, 0.2) is 46.9 Å². The van der Waals surface area contributed by atoms with E-state index in [1.807, 2.05) is 0 Å². The van der Waals surface area contributed by atoms with Crippen molar-refractivity contribution in [2.24, 2.45) is 0 Å². The molecule has 110 valence electrons. The minimum Gasteiger partial charge on any atom is -0.310 e. The van der Waals surface area contributed by atoms with Crippen molar-refractivity contribution < 1.29 is 4.39 Å². The molecule has 0 radical (unpaired) electrons. The van der Waals surface area contributed by atoms with Crippen LogP contribution in [0.25, 0.3) is 0 Å². The average Bonchev–Trinajstić information content (AvgIpc) is 2.43. The SMILES string of the molecule is Fc1ccc(CNC2CC(c3ccc(Br)cc3)C2)cc1Cl. The van der Waals surface area contributed by atoms with Gasteiger partial charge >= 0.3 is 0 Å². The van der Waals surface area contributed by atoms with E-state index in [-0.39, 0.29) is 10.8 Å². The van der Waals surface area contributed by atoms with E-state index in [4.69, 9.17) is 11.6 Å². The van der Waals surface area contributed by atoms with Crippen molar-refractivity contribution in [1.82, 2.24) is 5.32 Å². The van der Waals surface area contributed by atoms with Gasteiger partial charge in [-0.1, -0.05) is 45.7 Å². The Balaban J connectivity index is 1.48. The van der Waals surface area contributed by atoms with Crippen LogP contribution in [0, 0.1) is 5.82 Å². The number of hydrogen-bond donors (Lipinski definition) is 1. The van der Waals surface area contributed by atoms with Gasteiger partial charge in [0.1, 0.15) is 5.82 Å². The molecule has 0 amide bonds. The molecule has 2 aromatic rings. The van der Waals surface area contributed by atoms with Crippen LogP contribution in [0.1, 0.15) is 29.9 Å². The highest BCUT2D eigenvalue weighted by Gasteiger charge is 2.29. The van der Waals surface area contributed by atoms with E-state index in [2.05, 4.69) is 45.5 Å². The molecular weight excluding hydrogens is 353 g/mol. The molecule has 0 spiro atoms. The normalized spacial score (nSPS) is 21.1. The molecule has 0 unspecified atom stereocenters. The summed E-state index contributed by atoms with van der Waals surface area (Å²) in [5.41, 5.74) is 2.43. The molecule has 0 aromatic heterocycles. The van der Waals surface area contributed by atoms with E-state index in [1.54, 1.807) is 12.1 Å². The van der Waals surface area contributed by atoms with Gasteiger partial charge < -0.3 is 5.32 Å². The van der Waals surface area contributed by atoms with Crippen LogP contribution in [0.2, 0.25) is 5.02 Å². The lowest BCUT2D eigenvalue weighted by molar-refractivity contribution is 0.289. The summed E-state index contributed by atoms with van der Waals surface area (Å²) >= 11 is 9.24. The lowest BCUT2D eigenvalue weighted by Gasteiger charge is -2.36. The third-order valence-electron chi connectivity index (χ3n) is 4.06. The molecule has 1 nitrogen and oxygen atoms in total. The van der Waals surface area contributed by atoms with Crippen LogP contribution in [-0.2, 0) is 6.54 Å². The van der Waals surface area contributed by atoms with Gasteiger partial charge in [0.2, 0.25) is 0 Å². The van der Waals surface area contributed by atoms with Crippen molar-refractivity contribution in [3.05, 3.63) is 68.9 Å². The molecule has 0 aliphatic heterocycles. The molecule has 1 saturated carbocycles. The smallest absolute Gasteiger partial charge is 0.141 e. The summed E-state index contributed by atoms with van der Waals surface area (Å²) in [5.74, 6) is 0.284. The van der Waals surface area contributed by atoms with Crippen molar-refractivity contribution in [3.63, 3.8) is 0 Å². The summed E-state index contributed by atoms with van der Waals surface area (Å²) in [6, 6.07) is 14.0. The first-order valence-corrected chi connectivity index (χ1v) is 8.21. The number of hydrogen-bond acceptors (Lipinski definition) is 1. The largest absolute Gasteiger partial charge is 0.310 e. The third kappa shape index (κ3) is 3.65. The van der Waals surface area contributed by atoms with Gasteiger partial charge in [-0.05, 0) is 54.2 Å². The van der Waals surface area contributed by atoms with Gasteiger partial charge in [0.25, 0.3) is 0 Å². The van der Waals surface area contributed by atoms with Crippen LogP contribution in [-0.4, -0.2) is 6.04 Å². The zero-order valence-corrected chi connectivity index (χ0v) is 13.8. The summed E-state index contributed by atoms with van der Waals surface area (Å²) in [4.78, 5) is 0. The van der Waals surface area contributed by atoms with Gasteiger partial charge in [-0.25, -0.2) is 4.39 Å². The van der Waals surface area contributed by atoms with Gasteiger partial charge in [-0.15, -0.1) is 0 Å². The predicted molar refractivity (Wildman–Crippen MR) is 88.2 cm³/mol. The second kappa shape index (κ2) is 6.47. The Morgan fingerprint density at radius 3 is 2.52 bits per heavy atom. The molecule has 2 aromatic carbocycles. The summed E-state index contributed by atoms with van der Waals surface area (Å²) in [6.45, 7) is 0.734. The zero-order valence-electron chi connectivity index (χ0n) is 11.5. The molecule has 4 heteroatoms. The molecule has 0 saturated heterocycles. The average molecular weight is 369 g/mol. The molecular formula is C17H16BrClFN. The van der Waals surface area contributed by atoms with Crippen molar-refractivity contribution >= 4 is 27.5 Å². The van der Waals surface area contributed by atoms with Crippen molar-refractivity contribution in [1.29, 1.82) is 0 Å². The Hall–Kier alpha value is -0.900. The van der Waals surface area contributed by atoms with Gasteiger partial charge in [-0.3, -0.25) is 0 Å². The lowest BCUT2D eigenvalue weighted by Crippen LogP contribution is -2.39. The molecule has 1 N–H and O–H groups in total. The van der Waals surface area contributed by atoms with E-state index in [0.717, 1.165) is 29.4 Å². The van der Waals surface area contributed by atoms with Crippen LogP contribution in [0.3, 0.4) is 0 Å². The Labute approximate surface area is 137 Å². The third-order valence-corrected chi connectivity index (χ3v) is 4.88. The minimum absolute atomic E-state index is 0.190. The fourth-order valence-corrected chi connectivity index (χ4v) is 3.17. The molecule has 1 aliphatic rings. The maximum absolute atomic E-state index is 13.1. The Morgan fingerprint density at radius 2 is 1.86 bits per heavy atom. The first-order valence-electron chi connectivity index (χ1n) is 7.04. The van der Waals surface area contributed by atoms with E-state index < -0.39 is 0 Å². The maximum Gasteiger partial charge on any atom is 0.141 e. The fraction of sp³-hybridized carbons (Fsp3) is 0.294. The number of rotatable bonds is 4. The Kier molecular flexibility index (Phi) is 4.63. The number of halogens is 3. The molecule has 0 atom stereocenters. The van der Waals surface area contributed by atoms with Crippen LogP contribution < -0.4 is 5.32 Å². The minimum atomic E-state index is -0.362. The predicted octanol–water partition coefficient (Wildman–Crippen LogP) is 5.28. The highest BCUT2D eigenvalue weighted by atomic mass is 79.9. The number of nitrogens with one attached hydrogen (secondary N) is 1. The fourth-order valence-electron chi connectivity index (χ4n) is 2.70. The molecule has 1 aliphatic carbocycles. The molecule has 21 heavy (non-hydrogen) atoms. The second-order valence-electron chi connectivity index (χ2n) is 5.55. The molecule has 0 heterocycles. The molecule has 3 rings (SSSR count). The monoisotopic (exact) mass is 367 g/mol. The highest BCUT2D eigenvalue weighted by molar-refractivity contribution is 9.10. The maximum atomic E-state index is 13.1. The first-order chi connectivity index (χ1) is 10.1. The van der Waals surface area contributed by atoms with Crippen LogP contribution in [0.4, 0.5) is 4.39 Å². The zero-order chi connectivity index (χ0) is 14.8. The summed E-state index contributed by atoms with van der Waals surface area (Å²) in [6.07, 6.45) is 2.30. The quantitative estimate of drug-likeness (QED) is 0.774. The van der Waals surface area contributed by atoms with Gasteiger partial charge in [-0.2, -0.15) is 0 Å². The Bertz CT molecular complexity index is 623. The van der Waals surface area contributed by atoms with E-state index in [1.165, 1.54) is 11.6 Å². The summed E-state index contributed by atoms with van der Waals surface area (Å²) < 4.78 is 14.2. The molecule has 0 bridgehead atoms. The first kappa shape index (κ1) is 15.0. The second-order valence-corrected chi connectivity index (χ2v) is 6.87. The van der Waals surface area contributed by atoms with Gasteiger partial charge in [0, 0.05) is 17.1 Å². The summed E-state index contributed by atoms with van der Waals surface area (Å²) in [5, 5.41) is 3.69. The van der Waals surface area contributed by atoms with Gasteiger partial charge in [0.15, 0.2) is 0 Å². The van der Waals surface area contributed by atoms with E-state index in [9.17, 15) is 4.39 Å². The van der Waals surface area contributed by atoms with Gasteiger partial charge in [0.05, 0.1) is 5.02 Å². The van der Waals surface area contributed by atoms with Crippen molar-refractivity contribution in [2.75, 3.05) is 0 Å². The van der Waals surface area contributed by atoms with Crippen LogP contribution in [0.5, 0.6) is 0 Å².